The molecule has 0 bridgehead atoms. The molecule has 0 aliphatic heterocycles. The maximum Gasteiger partial charge on any atom is 0.234 e. The molecule has 0 saturated carbocycles. The molecule has 1 aromatic carbocycles. The summed E-state index contributed by atoms with van der Waals surface area (Å²) in [5, 5.41) is 2.53. The van der Waals surface area contributed by atoms with Gasteiger partial charge in [0, 0.05) is 0 Å². The molecule has 0 radical (unpaired) electrons. The van der Waals surface area contributed by atoms with Gasteiger partial charge in [-0.05, 0) is 12.0 Å². The Kier molecular flexibility index (Phi) is 4.50. The molecule has 0 aliphatic rings. The minimum Gasteiger partial charge on any atom is -0.345 e. The average molecular weight is 206 g/mol. The molecule has 80 valence electrons. The predicted molar refractivity (Wildman–Crippen MR) is 57.2 cm³/mol. The van der Waals surface area contributed by atoms with Crippen LogP contribution in [-0.2, 0) is 16.0 Å². The van der Waals surface area contributed by atoms with E-state index in [1.54, 1.807) is 0 Å². The first kappa shape index (κ1) is 11.4. The number of carbonyl (C=O) groups excluding carboxylic acids is 2. The Hall–Kier alpha value is -1.68. The highest BCUT2D eigenvalue weighted by molar-refractivity contribution is 5.81. The van der Waals surface area contributed by atoms with Crippen LogP contribution in [0.25, 0.3) is 0 Å². The second-order valence-corrected chi connectivity index (χ2v) is 3.20. The molecule has 0 fully saturated rings. The number of benzene rings is 1. The van der Waals surface area contributed by atoms with Crippen LogP contribution < -0.4 is 11.1 Å². The van der Waals surface area contributed by atoms with Gasteiger partial charge in [-0.2, -0.15) is 0 Å². The Balaban J connectivity index is 2.54. The molecule has 0 aliphatic carbocycles. The smallest absolute Gasteiger partial charge is 0.234 e. The predicted octanol–water partition coefficient (Wildman–Crippen LogP) is -0.128. The van der Waals surface area contributed by atoms with E-state index >= 15 is 0 Å². The summed E-state index contributed by atoms with van der Waals surface area (Å²) in [5.41, 5.74) is 6.15. The third-order valence-electron chi connectivity index (χ3n) is 1.99. The maximum atomic E-state index is 11.0. The van der Waals surface area contributed by atoms with E-state index in [2.05, 4.69) is 5.32 Å². The minimum atomic E-state index is -0.497. The van der Waals surface area contributed by atoms with Crippen LogP contribution in [0.5, 0.6) is 0 Å². The van der Waals surface area contributed by atoms with Gasteiger partial charge < -0.3 is 15.8 Å². The molecule has 1 rings (SSSR count). The number of amides is 1. The van der Waals surface area contributed by atoms with Gasteiger partial charge >= 0.3 is 0 Å². The van der Waals surface area contributed by atoms with Gasteiger partial charge in [0.1, 0.15) is 6.29 Å². The second kappa shape index (κ2) is 5.93. The molecule has 0 spiro atoms. The Morgan fingerprint density at radius 2 is 2.07 bits per heavy atom. The Bertz CT molecular complexity index is 325. The fraction of sp³-hybridized carbons (Fsp3) is 0.273. The third kappa shape index (κ3) is 3.91. The summed E-state index contributed by atoms with van der Waals surface area (Å²) in [6, 6.07) is 9.00. The summed E-state index contributed by atoms with van der Waals surface area (Å²) in [6.45, 7) is -0.0981. The van der Waals surface area contributed by atoms with Gasteiger partial charge in [0.2, 0.25) is 5.91 Å². The Morgan fingerprint density at radius 3 is 2.60 bits per heavy atom. The number of carbonyl (C=O) groups is 2. The topological polar surface area (TPSA) is 72.2 Å². The van der Waals surface area contributed by atoms with E-state index in [1.807, 2.05) is 30.3 Å². The van der Waals surface area contributed by atoms with Crippen LogP contribution in [0.3, 0.4) is 0 Å². The van der Waals surface area contributed by atoms with E-state index in [0.29, 0.717) is 6.42 Å². The van der Waals surface area contributed by atoms with Crippen molar-refractivity contribution in [1.29, 1.82) is 0 Å². The van der Waals surface area contributed by atoms with Gasteiger partial charge in [-0.3, -0.25) is 4.79 Å². The Labute approximate surface area is 88.5 Å². The molecule has 3 N–H and O–H groups in total. The zero-order valence-corrected chi connectivity index (χ0v) is 8.35. The number of aldehydes is 1. The number of hydrogen-bond donors (Lipinski definition) is 2. The van der Waals surface area contributed by atoms with Crippen molar-refractivity contribution in [3.05, 3.63) is 35.9 Å². The molecule has 1 atom stereocenters. The van der Waals surface area contributed by atoms with Crippen molar-refractivity contribution in [3.63, 3.8) is 0 Å². The van der Waals surface area contributed by atoms with Gasteiger partial charge in [0.15, 0.2) is 0 Å². The molecular formula is C11H14N2O2. The van der Waals surface area contributed by atoms with Crippen LogP contribution in [0, 0.1) is 0 Å². The molecule has 15 heavy (non-hydrogen) atoms. The summed E-state index contributed by atoms with van der Waals surface area (Å²) in [6.07, 6.45) is 1.22. The van der Waals surface area contributed by atoms with Crippen LogP contribution >= 0.6 is 0 Å². The summed E-state index contributed by atoms with van der Waals surface area (Å²) in [5.74, 6) is -0.317. The van der Waals surface area contributed by atoms with Crippen molar-refractivity contribution < 1.29 is 9.59 Å². The normalized spacial score (nSPS) is 11.8. The van der Waals surface area contributed by atoms with Gasteiger partial charge in [0.05, 0.1) is 12.6 Å². The highest BCUT2D eigenvalue weighted by Gasteiger charge is 2.10. The molecule has 0 saturated heterocycles. The lowest BCUT2D eigenvalue weighted by Crippen LogP contribution is -2.40. The minimum absolute atomic E-state index is 0.0981. The number of nitrogens with two attached hydrogens (primary N) is 1. The van der Waals surface area contributed by atoms with Crippen LogP contribution in [0.2, 0.25) is 0 Å². The van der Waals surface area contributed by atoms with Crippen LogP contribution in [0.4, 0.5) is 0 Å². The summed E-state index contributed by atoms with van der Waals surface area (Å²) in [4.78, 5) is 21.7. The molecule has 1 unspecified atom stereocenters. The van der Waals surface area contributed by atoms with E-state index in [1.165, 1.54) is 0 Å². The summed E-state index contributed by atoms with van der Waals surface area (Å²) in [7, 11) is 0. The Morgan fingerprint density at radius 1 is 1.40 bits per heavy atom. The average Bonchev–Trinajstić information content (AvgIpc) is 2.29. The van der Waals surface area contributed by atoms with Gasteiger partial charge in [-0.15, -0.1) is 0 Å². The number of rotatable bonds is 5. The van der Waals surface area contributed by atoms with Crippen LogP contribution in [-0.4, -0.2) is 24.8 Å². The fourth-order valence-electron chi connectivity index (χ4n) is 1.27. The standard InChI is InChI=1S/C11H14N2O2/c12-7-11(15)13-10(8-14)6-9-4-2-1-3-5-9/h1-5,8,10H,6-7,12H2,(H,13,15). The van der Waals surface area contributed by atoms with Crippen molar-refractivity contribution in [2.75, 3.05) is 6.54 Å². The van der Waals surface area contributed by atoms with Crippen LogP contribution in [0.1, 0.15) is 5.56 Å². The molecule has 1 amide bonds. The zero-order chi connectivity index (χ0) is 11.1. The number of hydrogen-bond acceptors (Lipinski definition) is 3. The van der Waals surface area contributed by atoms with Gasteiger partial charge in [0.25, 0.3) is 0 Å². The quantitative estimate of drug-likeness (QED) is 0.659. The lowest BCUT2D eigenvalue weighted by molar-refractivity contribution is -0.122. The first-order chi connectivity index (χ1) is 7.26. The fourth-order valence-corrected chi connectivity index (χ4v) is 1.27. The maximum absolute atomic E-state index is 11.0. The SMILES string of the molecule is NCC(=O)NC(C=O)Cc1ccccc1. The van der Waals surface area contributed by atoms with E-state index in [4.69, 9.17) is 5.73 Å². The van der Waals surface area contributed by atoms with E-state index in [-0.39, 0.29) is 12.5 Å². The third-order valence-corrected chi connectivity index (χ3v) is 1.99. The zero-order valence-electron chi connectivity index (χ0n) is 8.35. The van der Waals surface area contributed by atoms with Crippen molar-refractivity contribution in [2.24, 2.45) is 5.73 Å². The molecule has 0 aromatic heterocycles. The van der Waals surface area contributed by atoms with Gasteiger partial charge in [-0.1, -0.05) is 30.3 Å². The molecule has 0 heterocycles. The molecule has 1 aromatic rings. The summed E-state index contributed by atoms with van der Waals surface area (Å²) >= 11 is 0. The molecular weight excluding hydrogens is 192 g/mol. The highest BCUT2D eigenvalue weighted by atomic mass is 16.2. The van der Waals surface area contributed by atoms with Crippen molar-refractivity contribution in [2.45, 2.75) is 12.5 Å². The van der Waals surface area contributed by atoms with Crippen molar-refractivity contribution >= 4 is 12.2 Å². The largest absolute Gasteiger partial charge is 0.345 e. The lowest BCUT2D eigenvalue weighted by Gasteiger charge is -2.11. The first-order valence-corrected chi connectivity index (χ1v) is 4.75. The number of nitrogens with one attached hydrogen (secondary N) is 1. The monoisotopic (exact) mass is 206 g/mol. The van der Waals surface area contributed by atoms with E-state index < -0.39 is 6.04 Å². The molecule has 4 heteroatoms. The summed E-state index contributed by atoms with van der Waals surface area (Å²) < 4.78 is 0. The first-order valence-electron chi connectivity index (χ1n) is 4.75. The van der Waals surface area contributed by atoms with Crippen molar-refractivity contribution in [3.8, 4) is 0 Å². The highest BCUT2D eigenvalue weighted by Crippen LogP contribution is 2.01. The second-order valence-electron chi connectivity index (χ2n) is 3.20. The molecule has 4 nitrogen and oxygen atoms in total. The van der Waals surface area contributed by atoms with Gasteiger partial charge in [-0.25, -0.2) is 0 Å². The van der Waals surface area contributed by atoms with E-state index in [0.717, 1.165) is 11.8 Å². The van der Waals surface area contributed by atoms with E-state index in [9.17, 15) is 9.59 Å². The lowest BCUT2D eigenvalue weighted by atomic mass is 10.1. The van der Waals surface area contributed by atoms with Crippen LogP contribution in [0.15, 0.2) is 30.3 Å². The van der Waals surface area contributed by atoms with Crippen molar-refractivity contribution in [1.82, 2.24) is 5.32 Å².